The van der Waals surface area contributed by atoms with Gasteiger partial charge in [-0.15, -0.1) is 5.10 Å². The fraction of sp³-hybridized carbons (Fsp3) is 0.273. The second-order valence-electron chi connectivity index (χ2n) is 4.02. The number of rotatable bonds is 2. The van der Waals surface area contributed by atoms with Gasteiger partial charge in [-0.3, -0.25) is 0 Å². The third kappa shape index (κ3) is 2.17. The number of nitrogens with two attached hydrogens (primary N) is 1. The number of anilines is 1. The molecule has 2 aromatic rings. The SMILES string of the molecule is CC(C)c1c(N)nnn1-c1cc(F)ccc1Br. The van der Waals surface area contributed by atoms with Gasteiger partial charge in [-0.1, -0.05) is 19.1 Å². The molecule has 0 aliphatic rings. The Bertz CT molecular complexity index is 550. The van der Waals surface area contributed by atoms with Crippen LogP contribution in [0.3, 0.4) is 0 Å². The van der Waals surface area contributed by atoms with E-state index in [1.165, 1.54) is 12.1 Å². The van der Waals surface area contributed by atoms with Crippen LogP contribution in [0.1, 0.15) is 25.5 Å². The van der Waals surface area contributed by atoms with Crippen LogP contribution < -0.4 is 5.73 Å². The van der Waals surface area contributed by atoms with Gasteiger partial charge in [-0.25, -0.2) is 9.07 Å². The van der Waals surface area contributed by atoms with Crippen LogP contribution in [0.25, 0.3) is 5.69 Å². The van der Waals surface area contributed by atoms with Gasteiger partial charge >= 0.3 is 0 Å². The Labute approximate surface area is 107 Å². The van der Waals surface area contributed by atoms with Crippen molar-refractivity contribution in [3.63, 3.8) is 0 Å². The van der Waals surface area contributed by atoms with Crippen molar-refractivity contribution in [2.45, 2.75) is 19.8 Å². The third-order valence-corrected chi connectivity index (χ3v) is 3.09. The highest BCUT2D eigenvalue weighted by molar-refractivity contribution is 9.10. The zero-order valence-electron chi connectivity index (χ0n) is 9.48. The summed E-state index contributed by atoms with van der Waals surface area (Å²) >= 11 is 3.36. The number of halogens is 2. The summed E-state index contributed by atoms with van der Waals surface area (Å²) in [5, 5.41) is 7.79. The lowest BCUT2D eigenvalue weighted by Crippen LogP contribution is -2.06. The van der Waals surface area contributed by atoms with E-state index in [1.807, 2.05) is 13.8 Å². The summed E-state index contributed by atoms with van der Waals surface area (Å²) in [5.74, 6) is 0.198. The number of hydrogen-bond acceptors (Lipinski definition) is 3. The second kappa shape index (κ2) is 4.44. The summed E-state index contributed by atoms with van der Waals surface area (Å²) in [5.41, 5.74) is 7.13. The van der Waals surface area contributed by atoms with Gasteiger partial charge in [0.2, 0.25) is 0 Å². The topological polar surface area (TPSA) is 56.7 Å². The first kappa shape index (κ1) is 12.0. The summed E-state index contributed by atoms with van der Waals surface area (Å²) in [6.07, 6.45) is 0. The van der Waals surface area contributed by atoms with Crippen molar-refractivity contribution in [1.82, 2.24) is 15.0 Å². The molecule has 0 aliphatic heterocycles. The number of nitrogens with zero attached hydrogens (tertiary/aromatic N) is 3. The molecular weight excluding hydrogens is 287 g/mol. The van der Waals surface area contributed by atoms with Crippen molar-refractivity contribution in [1.29, 1.82) is 0 Å². The number of aromatic nitrogens is 3. The van der Waals surface area contributed by atoms with Crippen LogP contribution in [0.2, 0.25) is 0 Å². The molecule has 0 spiro atoms. The smallest absolute Gasteiger partial charge is 0.169 e. The summed E-state index contributed by atoms with van der Waals surface area (Å²) in [6, 6.07) is 4.40. The van der Waals surface area contributed by atoms with E-state index in [2.05, 4.69) is 26.2 Å². The Balaban J connectivity index is 2.64. The van der Waals surface area contributed by atoms with Crippen molar-refractivity contribution >= 4 is 21.7 Å². The molecule has 0 fully saturated rings. The van der Waals surface area contributed by atoms with Gasteiger partial charge in [-0.05, 0) is 34.0 Å². The average molecular weight is 299 g/mol. The predicted molar refractivity (Wildman–Crippen MR) is 67.5 cm³/mol. The van der Waals surface area contributed by atoms with E-state index in [-0.39, 0.29) is 11.7 Å². The molecule has 90 valence electrons. The molecule has 0 amide bonds. The predicted octanol–water partition coefficient (Wildman–Crippen LogP) is 2.87. The zero-order valence-corrected chi connectivity index (χ0v) is 11.1. The van der Waals surface area contributed by atoms with Crippen LogP contribution in [0.5, 0.6) is 0 Å². The summed E-state index contributed by atoms with van der Waals surface area (Å²) in [4.78, 5) is 0. The van der Waals surface area contributed by atoms with Crippen molar-refractivity contribution in [2.24, 2.45) is 0 Å². The highest BCUT2D eigenvalue weighted by Gasteiger charge is 2.17. The first-order chi connectivity index (χ1) is 8.00. The molecule has 0 bridgehead atoms. The van der Waals surface area contributed by atoms with Crippen LogP contribution in [-0.4, -0.2) is 15.0 Å². The molecule has 0 unspecified atom stereocenters. The van der Waals surface area contributed by atoms with E-state index < -0.39 is 0 Å². The van der Waals surface area contributed by atoms with Crippen molar-refractivity contribution in [3.8, 4) is 5.69 Å². The maximum absolute atomic E-state index is 13.3. The zero-order chi connectivity index (χ0) is 12.6. The molecule has 0 atom stereocenters. The van der Waals surface area contributed by atoms with E-state index >= 15 is 0 Å². The quantitative estimate of drug-likeness (QED) is 0.927. The van der Waals surface area contributed by atoms with E-state index in [9.17, 15) is 4.39 Å². The molecule has 0 radical (unpaired) electrons. The van der Waals surface area contributed by atoms with Gasteiger partial charge < -0.3 is 5.73 Å². The normalized spacial score (nSPS) is 11.1. The molecule has 1 heterocycles. The average Bonchev–Trinajstić information content (AvgIpc) is 2.64. The van der Waals surface area contributed by atoms with Crippen molar-refractivity contribution in [2.75, 3.05) is 5.73 Å². The molecule has 0 aliphatic carbocycles. The van der Waals surface area contributed by atoms with Crippen LogP contribution in [-0.2, 0) is 0 Å². The van der Waals surface area contributed by atoms with Crippen molar-refractivity contribution < 1.29 is 4.39 Å². The molecule has 2 rings (SSSR count). The molecule has 1 aromatic carbocycles. The van der Waals surface area contributed by atoms with Gasteiger partial charge in [0.1, 0.15) is 5.82 Å². The van der Waals surface area contributed by atoms with Gasteiger partial charge in [0.25, 0.3) is 0 Å². The minimum Gasteiger partial charge on any atom is -0.381 e. The van der Waals surface area contributed by atoms with Crippen LogP contribution in [0, 0.1) is 5.82 Å². The maximum atomic E-state index is 13.3. The maximum Gasteiger partial charge on any atom is 0.169 e. The van der Waals surface area contributed by atoms with Crippen LogP contribution in [0.4, 0.5) is 10.2 Å². The molecule has 17 heavy (non-hydrogen) atoms. The lowest BCUT2D eigenvalue weighted by atomic mass is 10.1. The molecular formula is C11H12BrFN4. The first-order valence-electron chi connectivity index (χ1n) is 5.17. The molecule has 4 nitrogen and oxygen atoms in total. The minimum absolute atomic E-state index is 0.153. The van der Waals surface area contributed by atoms with Crippen LogP contribution >= 0.6 is 15.9 Å². The van der Waals surface area contributed by atoms with E-state index in [0.29, 0.717) is 11.5 Å². The minimum atomic E-state index is -0.327. The summed E-state index contributed by atoms with van der Waals surface area (Å²) in [6.45, 7) is 3.97. The van der Waals surface area contributed by atoms with Gasteiger partial charge in [0.05, 0.1) is 11.4 Å². The van der Waals surface area contributed by atoms with Gasteiger partial charge in [-0.2, -0.15) is 0 Å². The van der Waals surface area contributed by atoms with E-state index in [4.69, 9.17) is 5.73 Å². The number of nitrogen functional groups attached to an aromatic ring is 1. The first-order valence-corrected chi connectivity index (χ1v) is 5.96. The van der Waals surface area contributed by atoms with Crippen LogP contribution in [0.15, 0.2) is 22.7 Å². The standard InChI is InChI=1S/C11H12BrFN4/c1-6(2)10-11(14)15-16-17(10)9-5-7(13)3-4-8(9)12/h3-6H,14H2,1-2H3. The Morgan fingerprint density at radius 3 is 2.76 bits per heavy atom. The lowest BCUT2D eigenvalue weighted by molar-refractivity contribution is 0.622. The molecule has 0 saturated carbocycles. The Morgan fingerprint density at radius 1 is 1.41 bits per heavy atom. The highest BCUT2D eigenvalue weighted by Crippen LogP contribution is 2.27. The highest BCUT2D eigenvalue weighted by atomic mass is 79.9. The second-order valence-corrected chi connectivity index (χ2v) is 4.88. The molecule has 1 aromatic heterocycles. The Morgan fingerprint density at radius 2 is 2.12 bits per heavy atom. The largest absolute Gasteiger partial charge is 0.381 e. The Hall–Kier alpha value is -1.43. The monoisotopic (exact) mass is 298 g/mol. The summed E-state index contributed by atoms with van der Waals surface area (Å²) in [7, 11) is 0. The fourth-order valence-corrected chi connectivity index (χ4v) is 2.08. The number of hydrogen-bond donors (Lipinski definition) is 1. The van der Waals surface area contributed by atoms with Crippen molar-refractivity contribution in [3.05, 3.63) is 34.2 Å². The van der Waals surface area contributed by atoms with Gasteiger partial charge in [0.15, 0.2) is 5.82 Å². The summed E-state index contributed by atoms with van der Waals surface area (Å²) < 4.78 is 15.6. The van der Waals surface area contributed by atoms with Gasteiger partial charge in [0, 0.05) is 10.5 Å². The molecule has 6 heteroatoms. The third-order valence-electron chi connectivity index (χ3n) is 2.42. The lowest BCUT2D eigenvalue weighted by Gasteiger charge is -2.11. The Kier molecular flexibility index (Phi) is 3.15. The van der Waals surface area contributed by atoms with E-state index in [0.717, 1.165) is 10.2 Å². The number of benzene rings is 1. The molecule has 0 saturated heterocycles. The molecule has 2 N–H and O–H groups in total. The fourth-order valence-electron chi connectivity index (χ4n) is 1.67. The van der Waals surface area contributed by atoms with E-state index in [1.54, 1.807) is 10.7 Å².